The molecule has 0 unspecified atom stereocenters. The van der Waals surface area contributed by atoms with Gasteiger partial charge in [-0.1, -0.05) is 115 Å². The van der Waals surface area contributed by atoms with Gasteiger partial charge in [0, 0.05) is 89.6 Å². The quantitative estimate of drug-likeness (QED) is 0.0338. The molecule has 9 rings (SSSR count). The summed E-state index contributed by atoms with van der Waals surface area (Å²) in [5, 5.41) is 0. The number of aromatic nitrogens is 4. The Kier molecular flexibility index (Phi) is 20.2. The van der Waals surface area contributed by atoms with Crippen LogP contribution in [0.2, 0.25) is 0 Å². The molecule has 0 aliphatic carbocycles. The molecule has 0 radical (unpaired) electrons. The number of ether oxygens (including phenoxy) is 4. The first-order valence-electron chi connectivity index (χ1n) is 27.0. The first-order valence-corrected chi connectivity index (χ1v) is 27.0. The molecule has 0 saturated heterocycles. The largest absolute Gasteiger partial charge is 0.426 e. The predicted molar refractivity (Wildman–Crippen MR) is 319 cm³/mol. The molecule has 0 amide bonds. The third-order valence-corrected chi connectivity index (χ3v) is 13.1. The maximum atomic E-state index is 14.1. The van der Waals surface area contributed by atoms with Crippen molar-refractivity contribution >= 4 is 70.2 Å². The van der Waals surface area contributed by atoms with Gasteiger partial charge >= 0.3 is 23.9 Å². The van der Waals surface area contributed by atoms with Gasteiger partial charge in [0.15, 0.2) is 5.75 Å². The first-order chi connectivity index (χ1) is 39.2. The van der Waals surface area contributed by atoms with E-state index in [0.29, 0.717) is 98.6 Å². The Labute approximate surface area is 484 Å². The van der Waals surface area contributed by atoms with E-state index in [-0.39, 0.29) is 68.2 Å². The number of rotatable bonds is 20. The second kappa shape index (κ2) is 28.2. The maximum Gasteiger partial charge on any atom is 0.311 e. The molecule has 2 aliphatic rings. The van der Waals surface area contributed by atoms with Crippen LogP contribution in [0.15, 0.2) is 176 Å². The molecule has 13 heteroatoms. The Bertz CT molecular complexity index is 3840. The molecule has 0 spiro atoms. The smallest absolute Gasteiger partial charge is 0.311 e. The second-order valence-corrected chi connectivity index (χ2v) is 18.8. The zero-order chi connectivity index (χ0) is 55.8. The minimum atomic E-state index is -0.463. The van der Waals surface area contributed by atoms with E-state index in [9.17, 15) is 19.2 Å². The minimum Gasteiger partial charge on any atom is -0.426 e. The Morgan fingerprint density at radius 1 is 0.444 bits per heavy atom. The van der Waals surface area contributed by atoms with Crippen LogP contribution in [0.5, 0.6) is 23.0 Å². The molecular weight excluding hydrogens is 1070 g/mol. The van der Waals surface area contributed by atoms with Crippen LogP contribution in [0.3, 0.4) is 0 Å². The summed E-state index contributed by atoms with van der Waals surface area (Å²) in [6, 6.07) is 39.0. The number of fused-ring (bicyclic) bond motifs is 8. The van der Waals surface area contributed by atoms with Crippen molar-refractivity contribution < 1.29 is 57.6 Å². The summed E-state index contributed by atoms with van der Waals surface area (Å²) < 4.78 is 27.7. The van der Waals surface area contributed by atoms with Crippen LogP contribution in [-0.2, 0) is 38.7 Å². The van der Waals surface area contributed by atoms with E-state index in [0.717, 1.165) is 11.0 Å². The number of para-hydroxylation sites is 5. The number of benzene rings is 4. The van der Waals surface area contributed by atoms with Crippen molar-refractivity contribution in [3.05, 3.63) is 199 Å². The van der Waals surface area contributed by atoms with E-state index in [1.165, 1.54) is 0 Å². The predicted octanol–water partition coefficient (Wildman–Crippen LogP) is 16.2. The van der Waals surface area contributed by atoms with Gasteiger partial charge in [-0.2, -0.15) is 0 Å². The van der Waals surface area contributed by atoms with Crippen LogP contribution in [0.25, 0.3) is 85.4 Å². The molecule has 7 aromatic rings. The molecule has 2 aliphatic heterocycles. The number of allylic oxidation sites excluding steroid dienone is 8. The zero-order valence-corrected chi connectivity index (χ0v) is 49.0. The molecule has 0 atom stereocenters. The molecule has 404 valence electrons. The average Bonchev–Trinajstić information content (AvgIpc) is 4.43. The van der Waals surface area contributed by atoms with Crippen LogP contribution >= 0.6 is 0 Å². The Morgan fingerprint density at radius 3 is 1.31 bits per heavy atom. The van der Waals surface area contributed by atoms with E-state index in [4.69, 9.17) is 28.9 Å². The fourth-order valence-electron chi connectivity index (χ4n) is 9.53. The van der Waals surface area contributed by atoms with Crippen LogP contribution in [-0.4, -0.2) is 43.4 Å². The molecule has 0 saturated carbocycles. The normalized spacial score (nSPS) is 11.9. The van der Waals surface area contributed by atoms with Gasteiger partial charge in [0.2, 0.25) is 0 Å². The average molecular weight is 1130 g/mol. The summed E-state index contributed by atoms with van der Waals surface area (Å²) in [6.45, 7) is 7.60. The zero-order valence-electron chi connectivity index (χ0n) is 46.0. The van der Waals surface area contributed by atoms with E-state index in [2.05, 4.69) is 4.98 Å². The molecular formula is C68H62N4O8Zn. The van der Waals surface area contributed by atoms with Crippen molar-refractivity contribution in [3.63, 3.8) is 0 Å². The molecule has 1 N–H and O–H groups in total. The third-order valence-electron chi connectivity index (χ3n) is 13.1. The van der Waals surface area contributed by atoms with Gasteiger partial charge in [0.25, 0.3) is 0 Å². The minimum absolute atomic E-state index is 0. The van der Waals surface area contributed by atoms with E-state index >= 15 is 0 Å². The van der Waals surface area contributed by atoms with Crippen LogP contribution < -0.4 is 18.9 Å². The first kappa shape index (κ1) is 58.1. The fourth-order valence-corrected chi connectivity index (χ4v) is 9.53. The monoisotopic (exact) mass is 1130 g/mol. The molecule has 0 fully saturated rings. The maximum absolute atomic E-state index is 14.1. The van der Waals surface area contributed by atoms with Gasteiger partial charge in [-0.3, -0.25) is 19.2 Å². The SMILES string of the molecule is CC=CCCC(=O)Oc1ccccc1-c1c(-c2ccccc2OC(=O)CCC=CC)c2c(-c3ccccc3OC(=O)CCC=CC)c3nc(cc4ccc(cc5nc(cc1n2-c1ccccc1OC(=O)CCC=CC)C=C5)[nH]4)C=C3.[Zn]. The summed E-state index contributed by atoms with van der Waals surface area (Å²) >= 11 is 0. The van der Waals surface area contributed by atoms with Crippen molar-refractivity contribution in [2.24, 2.45) is 0 Å². The Balaban J connectivity index is 0.00000860. The van der Waals surface area contributed by atoms with Gasteiger partial charge in [0.05, 0.1) is 39.5 Å². The number of hydrogen-bond donors (Lipinski definition) is 1. The topological polar surface area (TPSA) is 152 Å². The number of nitrogens with zero attached hydrogens (tertiary/aromatic N) is 3. The van der Waals surface area contributed by atoms with Gasteiger partial charge < -0.3 is 28.5 Å². The summed E-state index contributed by atoms with van der Waals surface area (Å²) in [4.78, 5) is 70.1. The Morgan fingerprint density at radius 2 is 0.827 bits per heavy atom. The van der Waals surface area contributed by atoms with Crippen LogP contribution in [0.1, 0.15) is 102 Å². The third kappa shape index (κ3) is 14.2. The number of hydrogen-bond acceptors (Lipinski definition) is 10. The van der Waals surface area contributed by atoms with Gasteiger partial charge in [-0.15, -0.1) is 0 Å². The molecule has 3 aromatic heterocycles. The Hall–Kier alpha value is -9.06. The summed E-state index contributed by atoms with van der Waals surface area (Å²) in [7, 11) is 0. The fraction of sp³-hybridized carbons (Fsp3) is 0.176. The number of nitrogens with one attached hydrogen (secondary N) is 1. The number of esters is 4. The second-order valence-electron chi connectivity index (χ2n) is 18.8. The number of H-pyrrole nitrogens is 1. The number of aromatic amines is 1. The van der Waals surface area contributed by atoms with Crippen molar-refractivity contribution in [2.75, 3.05) is 0 Å². The summed E-state index contributed by atoms with van der Waals surface area (Å²) in [6.07, 6.45) is 25.2. The van der Waals surface area contributed by atoms with E-state index in [1.807, 2.05) is 184 Å². The summed E-state index contributed by atoms with van der Waals surface area (Å²) in [5.41, 5.74) is 8.22. The molecule has 4 aromatic carbocycles. The van der Waals surface area contributed by atoms with Crippen molar-refractivity contribution in [3.8, 4) is 62.1 Å². The molecule has 8 bridgehead atoms. The molecule has 5 heterocycles. The van der Waals surface area contributed by atoms with Gasteiger partial charge in [-0.25, -0.2) is 9.97 Å². The van der Waals surface area contributed by atoms with Gasteiger partial charge in [0.1, 0.15) is 17.2 Å². The van der Waals surface area contributed by atoms with E-state index in [1.54, 1.807) is 48.5 Å². The number of carbonyl (C=O) groups is 4. The van der Waals surface area contributed by atoms with Crippen molar-refractivity contribution in [2.45, 2.75) is 79.1 Å². The molecule has 12 nitrogen and oxygen atoms in total. The standard InChI is InChI=1S/C68H62N4O8.Zn/c1-5-9-13-33-61(73)77-57-29-21-17-25-51(57)65-54-42-41-49(71-54)44-48-38-37-46(69-48)43-47-39-40-50(70-47)45-56-66(52-26-18-22-30-58(52)78-62(74)34-14-10-6-2)67(53-27-19-23-31-59(53)79-63(75)35-15-11-7-3)68(65)72(56)55-28-20-24-32-60(55)80-64(76)36-16-12-8-4;/h5-12,17-32,37-45,69H,13-16,33-36H2,1-4H3;. The van der Waals surface area contributed by atoms with Crippen molar-refractivity contribution in [1.82, 2.24) is 19.5 Å². The molecule has 81 heavy (non-hydrogen) atoms. The van der Waals surface area contributed by atoms with Crippen LogP contribution in [0, 0.1) is 0 Å². The van der Waals surface area contributed by atoms with Gasteiger partial charge in [-0.05, 0) is 138 Å². The number of carbonyl (C=O) groups excluding carboxylic acids is 4. The van der Waals surface area contributed by atoms with Crippen LogP contribution in [0.4, 0.5) is 0 Å². The van der Waals surface area contributed by atoms with Crippen molar-refractivity contribution in [1.29, 1.82) is 0 Å². The van der Waals surface area contributed by atoms with E-state index < -0.39 is 23.9 Å². The summed E-state index contributed by atoms with van der Waals surface area (Å²) in [5.74, 6) is -0.873.